The number of pyridine rings is 1. The van der Waals surface area contributed by atoms with Gasteiger partial charge in [-0.05, 0) is 46.1 Å². The van der Waals surface area contributed by atoms with Gasteiger partial charge in [0.25, 0.3) is 0 Å². The third kappa shape index (κ3) is 10.1. The van der Waals surface area contributed by atoms with Gasteiger partial charge < -0.3 is 30.9 Å². The zero-order valence-corrected chi connectivity index (χ0v) is 20.7. The number of carbonyl (C=O) groups excluding carboxylic acids is 2. The second-order valence-corrected chi connectivity index (χ2v) is 7.81. The van der Waals surface area contributed by atoms with Gasteiger partial charge in [-0.2, -0.15) is 0 Å². The lowest BCUT2D eigenvalue weighted by Gasteiger charge is -2.07. The average molecular weight is 471 g/mol. The molecular formula is C25H38N6O3. The number of hydrogen-bond donors (Lipinski definition) is 3. The molecule has 0 atom stereocenters. The minimum atomic E-state index is -0.287. The van der Waals surface area contributed by atoms with E-state index in [1.807, 2.05) is 30.5 Å². The number of carbonyl (C=O) groups is 2. The van der Waals surface area contributed by atoms with Crippen LogP contribution in [0.3, 0.4) is 0 Å². The molecule has 3 aromatic rings. The molecule has 1 amide bonds. The number of benzene rings is 1. The van der Waals surface area contributed by atoms with E-state index in [-0.39, 0.29) is 5.91 Å². The van der Waals surface area contributed by atoms with Gasteiger partial charge in [0.2, 0.25) is 11.8 Å². The monoisotopic (exact) mass is 470 g/mol. The molecule has 9 heteroatoms. The summed E-state index contributed by atoms with van der Waals surface area (Å²) in [6.07, 6.45) is 8.66. The number of likely N-dealkylation sites (N-methyl/N-ethyl adjacent to an activating group) is 1. The number of hydrogen-bond acceptors (Lipinski definition) is 7. The molecule has 0 aliphatic rings. The van der Waals surface area contributed by atoms with E-state index in [1.165, 1.54) is 7.05 Å². The third-order valence-corrected chi connectivity index (χ3v) is 4.76. The van der Waals surface area contributed by atoms with Crippen LogP contribution in [0.1, 0.15) is 37.9 Å². The number of nitrogens with two attached hydrogens (primary N) is 2. The predicted octanol–water partition coefficient (Wildman–Crippen LogP) is 2.93. The number of H-pyrrole nitrogens is 1. The van der Waals surface area contributed by atoms with E-state index < -0.39 is 0 Å². The van der Waals surface area contributed by atoms with Crippen molar-refractivity contribution in [2.45, 2.75) is 38.5 Å². The van der Waals surface area contributed by atoms with Crippen LogP contribution < -0.4 is 16.2 Å². The van der Waals surface area contributed by atoms with E-state index in [2.05, 4.69) is 26.8 Å². The Morgan fingerprint density at radius 1 is 1.15 bits per heavy atom. The van der Waals surface area contributed by atoms with Crippen molar-refractivity contribution >= 4 is 23.1 Å². The molecule has 2 aromatic heterocycles. The van der Waals surface area contributed by atoms with Gasteiger partial charge >= 0.3 is 0 Å². The number of aromatic amines is 1. The van der Waals surface area contributed by atoms with Crippen molar-refractivity contribution in [1.82, 2.24) is 19.9 Å². The number of ether oxygens (including phenoxy) is 1. The summed E-state index contributed by atoms with van der Waals surface area (Å²) in [4.78, 5) is 34.5. The maximum Gasteiger partial charge on any atom is 0.231 e. The lowest BCUT2D eigenvalue weighted by atomic mass is 10.1. The van der Waals surface area contributed by atoms with Gasteiger partial charge in [0.15, 0.2) is 0 Å². The van der Waals surface area contributed by atoms with Gasteiger partial charge in [-0.25, -0.2) is 9.97 Å². The fourth-order valence-corrected chi connectivity index (χ4v) is 3.26. The van der Waals surface area contributed by atoms with Gasteiger partial charge in [-0.1, -0.05) is 31.0 Å². The van der Waals surface area contributed by atoms with Crippen LogP contribution in [-0.4, -0.2) is 66.8 Å². The van der Waals surface area contributed by atoms with Crippen molar-refractivity contribution in [2.24, 2.45) is 11.5 Å². The zero-order valence-electron chi connectivity index (χ0n) is 20.7. The molecule has 186 valence electrons. The van der Waals surface area contributed by atoms with Crippen molar-refractivity contribution < 1.29 is 14.3 Å². The molecular weight excluding hydrogens is 432 g/mol. The fraction of sp³-hybridized carbons (Fsp3) is 0.440. The van der Waals surface area contributed by atoms with Crippen LogP contribution in [0.5, 0.6) is 5.88 Å². The maximum absolute atomic E-state index is 10.3. The molecule has 0 saturated carbocycles. The molecule has 0 bridgehead atoms. The number of aryl methyl sites for hydroxylation is 1. The molecule has 0 aliphatic heterocycles. The highest BCUT2D eigenvalue weighted by molar-refractivity contribution is 5.85. The summed E-state index contributed by atoms with van der Waals surface area (Å²) in [5.41, 5.74) is 12.1. The number of imidazole rings is 1. The van der Waals surface area contributed by atoms with Gasteiger partial charge in [0, 0.05) is 18.2 Å². The Kier molecular flexibility index (Phi) is 13.8. The first-order valence-electron chi connectivity index (χ1n) is 11.4. The van der Waals surface area contributed by atoms with E-state index in [4.69, 9.17) is 10.5 Å². The second-order valence-electron chi connectivity index (χ2n) is 7.81. The minimum absolute atomic E-state index is 0.287. The first-order valence-corrected chi connectivity index (χ1v) is 11.4. The maximum atomic E-state index is 10.3. The normalized spacial score (nSPS) is 10.2. The Balaban J connectivity index is 0.000000553. The van der Waals surface area contributed by atoms with Crippen LogP contribution >= 0.6 is 0 Å². The van der Waals surface area contributed by atoms with Crippen LogP contribution in [0.4, 0.5) is 0 Å². The van der Waals surface area contributed by atoms with E-state index in [9.17, 15) is 9.59 Å². The van der Waals surface area contributed by atoms with Crippen LogP contribution in [0.15, 0.2) is 36.5 Å². The molecule has 5 N–H and O–H groups in total. The second kappa shape index (κ2) is 16.3. The molecule has 9 nitrogen and oxygen atoms in total. The number of nitrogens with one attached hydrogen (secondary N) is 1. The van der Waals surface area contributed by atoms with Gasteiger partial charge in [-0.3, -0.25) is 4.79 Å². The standard InChI is InChI=1S/C20H23N3O2.C4H10N2O.CH5N/c1-25-20-16(13-15-9-6-7-10-17(15)23-20)18-14-21-19(22-18)11-5-3-2-4-8-12-24;1-6(2)3-4(5)7;1-2/h6-7,9-10,12-14H,2-5,8,11H2,1H3,(H,21,22);3H2,1-2H3,(H2,5,7);2H2,1H3. The Hall–Kier alpha value is -3.30. The first-order chi connectivity index (χ1) is 16.4. The number of methoxy groups -OCH3 is 1. The number of fused-ring (bicyclic) bond motifs is 1. The summed E-state index contributed by atoms with van der Waals surface area (Å²) in [7, 11) is 6.73. The van der Waals surface area contributed by atoms with Crippen molar-refractivity contribution in [3.05, 3.63) is 42.4 Å². The van der Waals surface area contributed by atoms with Crippen molar-refractivity contribution in [1.29, 1.82) is 0 Å². The minimum Gasteiger partial charge on any atom is -0.480 e. The van der Waals surface area contributed by atoms with E-state index in [0.717, 1.165) is 66.4 Å². The average Bonchev–Trinajstić information content (AvgIpc) is 3.30. The largest absolute Gasteiger partial charge is 0.480 e. The molecule has 0 unspecified atom stereocenters. The van der Waals surface area contributed by atoms with Crippen molar-refractivity contribution in [3.8, 4) is 17.1 Å². The Morgan fingerprint density at radius 3 is 2.47 bits per heavy atom. The number of nitrogens with zero attached hydrogens (tertiary/aromatic N) is 3. The number of aromatic nitrogens is 3. The quantitative estimate of drug-likeness (QED) is 0.289. The molecule has 0 saturated heterocycles. The lowest BCUT2D eigenvalue weighted by Crippen LogP contribution is -2.27. The first kappa shape index (κ1) is 28.7. The zero-order chi connectivity index (χ0) is 25.3. The summed E-state index contributed by atoms with van der Waals surface area (Å²) in [5.74, 6) is 1.29. The Morgan fingerprint density at radius 2 is 1.85 bits per heavy atom. The Bertz CT molecular complexity index is 1000. The number of para-hydroxylation sites is 1. The van der Waals surface area contributed by atoms with Crippen molar-refractivity contribution in [2.75, 3.05) is 34.8 Å². The number of rotatable bonds is 11. The molecule has 0 aliphatic carbocycles. The highest BCUT2D eigenvalue weighted by atomic mass is 16.5. The summed E-state index contributed by atoms with van der Waals surface area (Å²) >= 11 is 0. The van der Waals surface area contributed by atoms with Gasteiger partial charge in [-0.15, -0.1) is 0 Å². The third-order valence-electron chi connectivity index (χ3n) is 4.76. The molecule has 1 aromatic carbocycles. The molecule has 0 radical (unpaired) electrons. The summed E-state index contributed by atoms with van der Waals surface area (Å²) < 4.78 is 5.47. The fourth-order valence-electron chi connectivity index (χ4n) is 3.26. The number of aldehydes is 1. The van der Waals surface area contributed by atoms with E-state index in [0.29, 0.717) is 18.8 Å². The highest BCUT2D eigenvalue weighted by Gasteiger charge is 2.12. The van der Waals surface area contributed by atoms with Crippen LogP contribution in [0, 0.1) is 0 Å². The molecule has 0 fully saturated rings. The topological polar surface area (TPSA) is 140 Å². The SMILES string of the molecule is CN.CN(C)CC(N)=O.COc1nc2ccccc2cc1-c1cnc(CCCCCCC=O)[nH]1. The predicted molar refractivity (Wildman–Crippen MR) is 137 cm³/mol. The number of primary amides is 1. The van der Waals surface area contributed by atoms with Crippen LogP contribution in [0.25, 0.3) is 22.2 Å². The van der Waals surface area contributed by atoms with Crippen LogP contribution in [-0.2, 0) is 16.0 Å². The molecule has 2 heterocycles. The van der Waals surface area contributed by atoms with Crippen molar-refractivity contribution in [3.63, 3.8) is 0 Å². The molecule has 0 spiro atoms. The van der Waals surface area contributed by atoms with Gasteiger partial charge in [0.1, 0.15) is 12.1 Å². The molecule has 34 heavy (non-hydrogen) atoms. The number of unbranched alkanes of at least 4 members (excludes halogenated alkanes) is 4. The van der Waals surface area contributed by atoms with E-state index >= 15 is 0 Å². The molecule has 3 rings (SSSR count). The smallest absolute Gasteiger partial charge is 0.231 e. The summed E-state index contributed by atoms with van der Waals surface area (Å²) in [5, 5.41) is 1.07. The Labute approximate surface area is 201 Å². The van der Waals surface area contributed by atoms with E-state index in [1.54, 1.807) is 26.1 Å². The number of amides is 1. The highest BCUT2D eigenvalue weighted by Crippen LogP contribution is 2.30. The van der Waals surface area contributed by atoms with Gasteiger partial charge in [0.05, 0.1) is 36.6 Å². The van der Waals surface area contributed by atoms with Crippen LogP contribution in [0.2, 0.25) is 0 Å². The lowest BCUT2D eigenvalue weighted by molar-refractivity contribution is -0.118. The summed E-state index contributed by atoms with van der Waals surface area (Å²) in [6, 6.07) is 10.1. The summed E-state index contributed by atoms with van der Waals surface area (Å²) in [6.45, 7) is 0.333.